The fraction of sp³-hybridized carbons (Fsp3) is 0.849. The SMILES string of the molecule is CCC/C=C\C/C=C\CCCCCCCC(=O)OCC(COCCCCCCCCCCCC/C=C\CCCCCCCC)OC(=O)CCCCCCCCCCC. The highest BCUT2D eigenvalue weighted by atomic mass is 16.6. The maximum absolute atomic E-state index is 12.7. The lowest BCUT2D eigenvalue weighted by Crippen LogP contribution is -2.30. The Balaban J connectivity index is 4.14. The maximum Gasteiger partial charge on any atom is 0.306 e. The van der Waals surface area contributed by atoms with Crippen LogP contribution in [-0.2, 0) is 23.8 Å². The predicted molar refractivity (Wildman–Crippen MR) is 252 cm³/mol. The van der Waals surface area contributed by atoms with E-state index in [0.29, 0.717) is 19.4 Å². The van der Waals surface area contributed by atoms with Crippen molar-refractivity contribution in [3.8, 4) is 0 Å². The minimum atomic E-state index is -0.536. The van der Waals surface area contributed by atoms with Gasteiger partial charge in [0, 0.05) is 19.4 Å². The van der Waals surface area contributed by atoms with Crippen LogP contribution in [0.4, 0.5) is 0 Å². The molecule has 0 aromatic rings. The van der Waals surface area contributed by atoms with Crippen molar-refractivity contribution in [2.75, 3.05) is 19.8 Å². The van der Waals surface area contributed by atoms with Crippen molar-refractivity contribution < 1.29 is 23.8 Å². The lowest BCUT2D eigenvalue weighted by atomic mass is 10.1. The van der Waals surface area contributed by atoms with Gasteiger partial charge in [-0.05, 0) is 70.6 Å². The molecular weight excluding hydrogens is 717 g/mol. The lowest BCUT2D eigenvalue weighted by Gasteiger charge is -2.18. The van der Waals surface area contributed by atoms with Gasteiger partial charge in [-0.25, -0.2) is 0 Å². The van der Waals surface area contributed by atoms with Crippen molar-refractivity contribution in [1.82, 2.24) is 0 Å². The Bertz CT molecular complexity index is 924. The number of hydrogen-bond donors (Lipinski definition) is 0. The van der Waals surface area contributed by atoms with E-state index >= 15 is 0 Å². The van der Waals surface area contributed by atoms with E-state index < -0.39 is 6.10 Å². The summed E-state index contributed by atoms with van der Waals surface area (Å²) in [6, 6.07) is 0. The summed E-state index contributed by atoms with van der Waals surface area (Å²) in [7, 11) is 0. The van der Waals surface area contributed by atoms with Crippen molar-refractivity contribution in [3.05, 3.63) is 36.5 Å². The molecule has 0 heterocycles. The zero-order valence-corrected chi connectivity index (χ0v) is 39.1. The van der Waals surface area contributed by atoms with E-state index in [4.69, 9.17) is 14.2 Å². The maximum atomic E-state index is 12.7. The highest BCUT2D eigenvalue weighted by Gasteiger charge is 2.17. The Labute approximate surface area is 361 Å². The summed E-state index contributed by atoms with van der Waals surface area (Å²) in [4.78, 5) is 25.3. The molecule has 0 fully saturated rings. The summed E-state index contributed by atoms with van der Waals surface area (Å²) in [5.41, 5.74) is 0. The van der Waals surface area contributed by atoms with Gasteiger partial charge in [0.05, 0.1) is 6.61 Å². The van der Waals surface area contributed by atoms with Crippen LogP contribution in [0.2, 0.25) is 0 Å². The zero-order chi connectivity index (χ0) is 42.1. The number of allylic oxidation sites excluding steroid dienone is 6. The standard InChI is InChI=1S/C53H98O5/c1-4-7-10-13-16-19-21-23-24-25-26-27-28-29-31-33-36-39-42-45-48-56-49-51(58-53(55)47-44-41-38-34-18-15-12-9-6-3)50-57-52(54)46-43-40-37-35-32-30-22-20-17-14-11-8-5-2/h11,14,20,22-24,51H,4-10,12-13,15-19,21,25-50H2,1-3H3/b14-11-,22-20-,24-23-. The fourth-order valence-electron chi connectivity index (χ4n) is 7.31. The molecule has 1 unspecified atom stereocenters. The first-order valence-electron chi connectivity index (χ1n) is 25.5. The molecule has 0 aliphatic heterocycles. The van der Waals surface area contributed by atoms with Crippen LogP contribution in [0.5, 0.6) is 0 Å². The van der Waals surface area contributed by atoms with Gasteiger partial charge < -0.3 is 14.2 Å². The van der Waals surface area contributed by atoms with E-state index in [1.165, 1.54) is 173 Å². The summed E-state index contributed by atoms with van der Waals surface area (Å²) >= 11 is 0. The molecule has 0 spiro atoms. The average molecular weight is 815 g/mol. The molecule has 5 heteroatoms. The number of esters is 2. The molecular formula is C53H98O5. The first kappa shape index (κ1) is 56.1. The molecule has 58 heavy (non-hydrogen) atoms. The molecule has 0 aromatic carbocycles. The minimum Gasteiger partial charge on any atom is -0.462 e. The van der Waals surface area contributed by atoms with Crippen LogP contribution in [0.15, 0.2) is 36.5 Å². The van der Waals surface area contributed by atoms with Gasteiger partial charge in [0.1, 0.15) is 6.61 Å². The number of carbonyl (C=O) groups is 2. The molecule has 0 aromatic heterocycles. The van der Waals surface area contributed by atoms with Crippen molar-refractivity contribution in [1.29, 1.82) is 0 Å². The monoisotopic (exact) mass is 815 g/mol. The van der Waals surface area contributed by atoms with Crippen LogP contribution < -0.4 is 0 Å². The van der Waals surface area contributed by atoms with Crippen LogP contribution in [-0.4, -0.2) is 37.9 Å². The van der Waals surface area contributed by atoms with E-state index in [1.54, 1.807) is 0 Å². The number of unbranched alkanes of at least 4 members (excludes halogenated alkanes) is 30. The number of hydrogen-bond acceptors (Lipinski definition) is 5. The third-order valence-corrected chi connectivity index (χ3v) is 11.1. The summed E-state index contributed by atoms with van der Waals surface area (Å²) in [5.74, 6) is -0.406. The normalized spacial score (nSPS) is 12.4. The first-order valence-corrected chi connectivity index (χ1v) is 25.5. The Morgan fingerprint density at radius 3 is 1.22 bits per heavy atom. The van der Waals surface area contributed by atoms with E-state index in [0.717, 1.165) is 57.8 Å². The highest BCUT2D eigenvalue weighted by Crippen LogP contribution is 2.15. The quantitative estimate of drug-likeness (QED) is 0.0348. The molecule has 0 N–H and O–H groups in total. The second-order valence-electron chi connectivity index (χ2n) is 17.1. The molecule has 340 valence electrons. The third kappa shape index (κ3) is 46.8. The van der Waals surface area contributed by atoms with E-state index in [2.05, 4.69) is 57.2 Å². The van der Waals surface area contributed by atoms with Crippen molar-refractivity contribution >= 4 is 11.9 Å². The largest absolute Gasteiger partial charge is 0.462 e. The van der Waals surface area contributed by atoms with Gasteiger partial charge in [0.15, 0.2) is 6.10 Å². The van der Waals surface area contributed by atoms with Gasteiger partial charge in [-0.15, -0.1) is 0 Å². The first-order chi connectivity index (χ1) is 28.6. The number of ether oxygens (including phenoxy) is 3. The molecule has 5 nitrogen and oxygen atoms in total. The van der Waals surface area contributed by atoms with Crippen LogP contribution in [0.1, 0.15) is 265 Å². The predicted octanol–water partition coefficient (Wildman–Crippen LogP) is 17.0. The van der Waals surface area contributed by atoms with Gasteiger partial charge in [-0.3, -0.25) is 9.59 Å². The third-order valence-electron chi connectivity index (χ3n) is 11.1. The molecule has 0 aliphatic carbocycles. The number of rotatable bonds is 47. The second-order valence-corrected chi connectivity index (χ2v) is 17.1. The van der Waals surface area contributed by atoms with E-state index in [1.807, 2.05) is 0 Å². The summed E-state index contributed by atoms with van der Waals surface area (Å²) in [6.07, 6.45) is 58.7. The molecule has 0 aliphatic rings. The fourth-order valence-corrected chi connectivity index (χ4v) is 7.31. The van der Waals surface area contributed by atoms with E-state index in [9.17, 15) is 9.59 Å². The summed E-state index contributed by atoms with van der Waals surface area (Å²) in [6.45, 7) is 7.76. The van der Waals surface area contributed by atoms with Crippen LogP contribution in [0.3, 0.4) is 0 Å². The highest BCUT2D eigenvalue weighted by molar-refractivity contribution is 5.70. The lowest BCUT2D eigenvalue weighted by molar-refractivity contribution is -0.163. The van der Waals surface area contributed by atoms with Crippen molar-refractivity contribution in [2.24, 2.45) is 0 Å². The summed E-state index contributed by atoms with van der Waals surface area (Å²) < 4.78 is 17.3. The number of carbonyl (C=O) groups excluding carboxylic acids is 2. The molecule has 0 amide bonds. The Kier molecular flexibility index (Phi) is 47.9. The summed E-state index contributed by atoms with van der Waals surface area (Å²) in [5, 5.41) is 0. The Morgan fingerprint density at radius 2 is 0.759 bits per heavy atom. The zero-order valence-electron chi connectivity index (χ0n) is 39.1. The van der Waals surface area contributed by atoms with Gasteiger partial charge >= 0.3 is 11.9 Å². The molecule has 0 bridgehead atoms. The van der Waals surface area contributed by atoms with Crippen molar-refractivity contribution in [3.63, 3.8) is 0 Å². The molecule has 0 radical (unpaired) electrons. The molecule has 1 atom stereocenters. The van der Waals surface area contributed by atoms with Crippen LogP contribution in [0, 0.1) is 0 Å². The van der Waals surface area contributed by atoms with Gasteiger partial charge in [-0.2, -0.15) is 0 Å². The van der Waals surface area contributed by atoms with E-state index in [-0.39, 0.29) is 25.2 Å². The second kappa shape index (κ2) is 49.5. The molecule has 0 saturated carbocycles. The van der Waals surface area contributed by atoms with Gasteiger partial charge in [0.25, 0.3) is 0 Å². The molecule has 0 saturated heterocycles. The van der Waals surface area contributed by atoms with Gasteiger partial charge in [0.2, 0.25) is 0 Å². The average Bonchev–Trinajstić information content (AvgIpc) is 3.22. The smallest absolute Gasteiger partial charge is 0.306 e. The minimum absolute atomic E-state index is 0.0816. The van der Waals surface area contributed by atoms with Crippen LogP contribution in [0.25, 0.3) is 0 Å². The topological polar surface area (TPSA) is 61.8 Å². The van der Waals surface area contributed by atoms with Gasteiger partial charge in [-0.1, -0.05) is 218 Å². The molecule has 0 rings (SSSR count). The Hall–Kier alpha value is -1.88. The van der Waals surface area contributed by atoms with Crippen LogP contribution >= 0.6 is 0 Å². The van der Waals surface area contributed by atoms with Crippen molar-refractivity contribution in [2.45, 2.75) is 271 Å². The Morgan fingerprint density at radius 1 is 0.379 bits per heavy atom.